The van der Waals surface area contributed by atoms with Gasteiger partial charge in [0.25, 0.3) is 5.91 Å². The second-order valence-corrected chi connectivity index (χ2v) is 11.5. The summed E-state index contributed by atoms with van der Waals surface area (Å²) in [7, 11) is -3.51. The lowest BCUT2D eigenvalue weighted by atomic mass is 10.1. The van der Waals surface area contributed by atoms with Gasteiger partial charge in [-0.15, -0.1) is 0 Å². The molecule has 0 unspecified atom stereocenters. The number of hydrogen-bond acceptors (Lipinski definition) is 6. The van der Waals surface area contributed by atoms with Crippen molar-refractivity contribution in [1.29, 1.82) is 5.26 Å². The summed E-state index contributed by atoms with van der Waals surface area (Å²) in [5.41, 5.74) is 1.87. The predicted octanol–water partition coefficient (Wildman–Crippen LogP) is 3.44. The number of carbonyl (C=O) groups is 1. The fourth-order valence-electron chi connectivity index (χ4n) is 4.50. The number of nitriles is 1. The summed E-state index contributed by atoms with van der Waals surface area (Å²) in [5, 5.41) is 8.36. The molecule has 0 aliphatic carbocycles. The number of halogens is 1. The van der Waals surface area contributed by atoms with E-state index >= 15 is 0 Å². The zero-order valence-electron chi connectivity index (χ0n) is 19.5. The Morgan fingerprint density at radius 3 is 2.24 bits per heavy atom. The van der Waals surface area contributed by atoms with Crippen molar-refractivity contribution >= 4 is 27.1 Å². The van der Waals surface area contributed by atoms with Gasteiger partial charge in [-0.2, -0.15) is 5.26 Å². The second kappa shape index (κ2) is 9.63. The van der Waals surface area contributed by atoms with Gasteiger partial charge in [-0.1, -0.05) is 0 Å². The third-order valence-electron chi connectivity index (χ3n) is 6.60. The predicted molar refractivity (Wildman–Crippen MR) is 129 cm³/mol. The maximum atomic E-state index is 14.0. The van der Waals surface area contributed by atoms with Crippen molar-refractivity contribution < 1.29 is 17.6 Å². The molecule has 0 aromatic heterocycles. The molecule has 2 fully saturated rings. The highest BCUT2D eigenvalue weighted by Crippen LogP contribution is 2.30. The largest absolute Gasteiger partial charge is 0.371 e. The molecule has 0 N–H and O–H groups in total. The summed E-state index contributed by atoms with van der Waals surface area (Å²) in [4.78, 5) is 19.6. The molecule has 2 aromatic carbocycles. The van der Waals surface area contributed by atoms with Crippen LogP contribution in [-0.2, 0) is 9.84 Å². The molecule has 9 heteroatoms. The average molecular weight is 485 g/mol. The summed E-state index contributed by atoms with van der Waals surface area (Å²) in [6, 6.07) is 11.3. The smallest absolute Gasteiger partial charge is 0.256 e. The van der Waals surface area contributed by atoms with Gasteiger partial charge in [0.2, 0.25) is 0 Å². The Morgan fingerprint density at radius 1 is 0.971 bits per heavy atom. The molecule has 0 bridgehead atoms. The number of amides is 1. The fraction of sp³-hybridized carbons (Fsp3) is 0.440. The van der Waals surface area contributed by atoms with Gasteiger partial charge in [0.05, 0.1) is 21.3 Å². The van der Waals surface area contributed by atoms with E-state index in [1.165, 1.54) is 18.2 Å². The van der Waals surface area contributed by atoms with E-state index in [2.05, 4.69) is 4.90 Å². The molecule has 0 radical (unpaired) electrons. The van der Waals surface area contributed by atoms with Crippen molar-refractivity contribution in [2.45, 2.75) is 36.8 Å². The molecule has 2 aliphatic heterocycles. The molecule has 7 nitrogen and oxygen atoms in total. The maximum Gasteiger partial charge on any atom is 0.256 e. The Balaban J connectivity index is 1.57. The van der Waals surface area contributed by atoms with Crippen LogP contribution in [0.3, 0.4) is 0 Å². The van der Waals surface area contributed by atoms with Crippen LogP contribution in [0.15, 0.2) is 41.3 Å². The van der Waals surface area contributed by atoms with Gasteiger partial charge in [0.15, 0.2) is 9.84 Å². The normalized spacial score (nSPS) is 16.7. The molecule has 2 aromatic rings. The van der Waals surface area contributed by atoms with Crippen LogP contribution in [0.4, 0.5) is 15.8 Å². The second-order valence-electron chi connectivity index (χ2n) is 9.02. The SMILES string of the molecule is CC(C)S(=O)(=O)c1ccc(N2CCCC2)c(C(=O)N2CCN(c3ccc(C#N)c(F)c3)CC2)c1. The number of piperazine rings is 1. The maximum absolute atomic E-state index is 14.0. The Morgan fingerprint density at radius 2 is 1.65 bits per heavy atom. The van der Waals surface area contributed by atoms with Crippen molar-refractivity contribution in [3.8, 4) is 6.07 Å². The van der Waals surface area contributed by atoms with E-state index in [4.69, 9.17) is 5.26 Å². The van der Waals surface area contributed by atoms with Gasteiger partial charge < -0.3 is 14.7 Å². The van der Waals surface area contributed by atoms with Gasteiger partial charge in [-0.05, 0) is 63.1 Å². The van der Waals surface area contributed by atoms with Crippen LogP contribution in [-0.4, -0.2) is 63.7 Å². The lowest BCUT2D eigenvalue weighted by molar-refractivity contribution is 0.0747. The number of sulfone groups is 1. The van der Waals surface area contributed by atoms with E-state index < -0.39 is 20.9 Å². The first-order chi connectivity index (χ1) is 16.2. The van der Waals surface area contributed by atoms with Crippen LogP contribution in [0, 0.1) is 17.1 Å². The standard InChI is InChI=1S/C25H29FN4O3S/c1-18(2)34(32,33)21-7-8-24(29-9-3-4-10-29)22(16-21)25(31)30-13-11-28(12-14-30)20-6-5-19(17-27)23(26)15-20/h5-8,15-16,18H,3-4,9-14H2,1-2H3. The lowest BCUT2D eigenvalue weighted by Crippen LogP contribution is -2.49. The fourth-order valence-corrected chi connectivity index (χ4v) is 5.58. The Kier molecular flexibility index (Phi) is 6.80. The summed E-state index contributed by atoms with van der Waals surface area (Å²) >= 11 is 0. The number of rotatable bonds is 5. The van der Waals surface area contributed by atoms with E-state index in [0.29, 0.717) is 37.4 Å². The third kappa shape index (κ3) is 4.60. The first kappa shape index (κ1) is 24.0. The molecule has 0 spiro atoms. The van der Waals surface area contributed by atoms with Gasteiger partial charge in [0, 0.05) is 50.6 Å². The van der Waals surface area contributed by atoms with Crippen LogP contribution in [0.5, 0.6) is 0 Å². The van der Waals surface area contributed by atoms with Crippen LogP contribution >= 0.6 is 0 Å². The summed E-state index contributed by atoms with van der Waals surface area (Å²) in [6.45, 7) is 6.85. The Bertz CT molecular complexity index is 1230. The Hall–Kier alpha value is -3.12. The van der Waals surface area contributed by atoms with Crippen molar-refractivity contribution in [3.63, 3.8) is 0 Å². The van der Waals surface area contributed by atoms with E-state index in [1.54, 1.807) is 36.9 Å². The zero-order chi connectivity index (χ0) is 24.5. The summed E-state index contributed by atoms with van der Waals surface area (Å²) in [6.07, 6.45) is 2.08. The molecule has 2 heterocycles. The number of nitrogens with zero attached hydrogens (tertiary/aromatic N) is 4. The quantitative estimate of drug-likeness (QED) is 0.646. The van der Waals surface area contributed by atoms with Crippen molar-refractivity contribution in [2.24, 2.45) is 0 Å². The van der Waals surface area contributed by atoms with E-state index in [1.807, 2.05) is 11.0 Å². The summed E-state index contributed by atoms with van der Waals surface area (Å²) in [5.74, 6) is -0.745. The molecule has 0 atom stereocenters. The molecule has 2 saturated heterocycles. The van der Waals surface area contributed by atoms with E-state index in [9.17, 15) is 17.6 Å². The monoisotopic (exact) mass is 484 g/mol. The summed E-state index contributed by atoms with van der Waals surface area (Å²) < 4.78 is 39.6. The minimum Gasteiger partial charge on any atom is -0.371 e. The van der Waals surface area contributed by atoms with Crippen molar-refractivity contribution in [3.05, 3.63) is 53.3 Å². The van der Waals surface area contributed by atoms with Crippen molar-refractivity contribution in [2.75, 3.05) is 49.1 Å². The molecule has 0 saturated carbocycles. The van der Waals surface area contributed by atoms with Gasteiger partial charge in [0.1, 0.15) is 11.9 Å². The molecule has 1 amide bonds. The molecule has 2 aliphatic rings. The lowest BCUT2D eigenvalue weighted by Gasteiger charge is -2.37. The van der Waals surface area contributed by atoms with E-state index in [-0.39, 0.29) is 16.4 Å². The van der Waals surface area contributed by atoms with Crippen LogP contribution < -0.4 is 9.80 Å². The van der Waals surface area contributed by atoms with Crippen molar-refractivity contribution in [1.82, 2.24) is 4.90 Å². The topological polar surface area (TPSA) is 84.7 Å². The first-order valence-electron chi connectivity index (χ1n) is 11.6. The van der Waals surface area contributed by atoms with Gasteiger partial charge in [-0.3, -0.25) is 4.79 Å². The van der Waals surface area contributed by atoms with Gasteiger partial charge >= 0.3 is 0 Å². The molecule has 180 valence electrons. The molecular formula is C25H29FN4O3S. The molecule has 34 heavy (non-hydrogen) atoms. The van der Waals surface area contributed by atoms with Gasteiger partial charge in [-0.25, -0.2) is 12.8 Å². The minimum atomic E-state index is -3.51. The van der Waals surface area contributed by atoms with Crippen LogP contribution in [0.25, 0.3) is 0 Å². The Labute approximate surface area is 200 Å². The number of benzene rings is 2. The molecule has 4 rings (SSSR count). The first-order valence-corrected chi connectivity index (χ1v) is 13.1. The highest BCUT2D eigenvalue weighted by Gasteiger charge is 2.29. The highest BCUT2D eigenvalue weighted by molar-refractivity contribution is 7.92. The molecular weight excluding hydrogens is 455 g/mol. The zero-order valence-corrected chi connectivity index (χ0v) is 20.3. The number of carbonyl (C=O) groups excluding carboxylic acids is 1. The van der Waals surface area contributed by atoms with Crippen LogP contribution in [0.1, 0.15) is 42.6 Å². The van der Waals surface area contributed by atoms with E-state index in [0.717, 1.165) is 31.6 Å². The third-order valence-corrected chi connectivity index (χ3v) is 8.75. The number of anilines is 2. The number of hydrogen-bond donors (Lipinski definition) is 0. The average Bonchev–Trinajstić information content (AvgIpc) is 3.38. The minimum absolute atomic E-state index is 0.00300. The highest BCUT2D eigenvalue weighted by atomic mass is 32.2. The van der Waals surface area contributed by atoms with Crippen LogP contribution in [0.2, 0.25) is 0 Å².